The minimum absolute atomic E-state index is 0.108. The third-order valence-corrected chi connectivity index (χ3v) is 6.56. The number of carbonyl (C=O) groups is 1. The molecule has 1 saturated heterocycles. The van der Waals surface area contributed by atoms with Crippen LogP contribution in [0, 0.1) is 10.1 Å². The highest BCUT2D eigenvalue weighted by Gasteiger charge is 2.31. The summed E-state index contributed by atoms with van der Waals surface area (Å²) >= 11 is 0. The summed E-state index contributed by atoms with van der Waals surface area (Å²) in [6, 6.07) is 11.7. The van der Waals surface area contributed by atoms with Gasteiger partial charge in [0, 0.05) is 43.9 Å². The highest BCUT2D eigenvalue weighted by atomic mass is 32.2. The molecular formula is C20H21N3O6S. The Labute approximate surface area is 174 Å². The number of nitrogens with zero attached hydrogens (tertiary/aromatic N) is 3. The van der Waals surface area contributed by atoms with E-state index >= 15 is 0 Å². The number of hydrogen-bond acceptors (Lipinski definition) is 6. The molecule has 3 rings (SSSR count). The second kappa shape index (κ2) is 9.06. The average Bonchev–Trinajstić information content (AvgIpc) is 2.77. The van der Waals surface area contributed by atoms with Gasteiger partial charge in [-0.3, -0.25) is 14.9 Å². The number of ether oxygens (including phenoxy) is 1. The van der Waals surface area contributed by atoms with Crippen LogP contribution in [0.3, 0.4) is 0 Å². The van der Waals surface area contributed by atoms with Crippen LogP contribution in [-0.2, 0) is 10.0 Å². The van der Waals surface area contributed by atoms with Gasteiger partial charge in [0.25, 0.3) is 11.6 Å². The van der Waals surface area contributed by atoms with Gasteiger partial charge < -0.3 is 9.64 Å². The number of sulfonamides is 1. The van der Waals surface area contributed by atoms with Crippen LogP contribution in [0.5, 0.6) is 5.75 Å². The third-order valence-electron chi connectivity index (χ3n) is 4.66. The summed E-state index contributed by atoms with van der Waals surface area (Å²) in [5.41, 5.74) is 0.196. The maximum atomic E-state index is 12.8. The van der Waals surface area contributed by atoms with Crippen molar-refractivity contribution < 1.29 is 22.9 Å². The Morgan fingerprint density at radius 2 is 1.80 bits per heavy atom. The third kappa shape index (κ3) is 4.66. The number of carbonyl (C=O) groups excluding carboxylic acids is 1. The molecule has 0 radical (unpaired) electrons. The zero-order valence-corrected chi connectivity index (χ0v) is 17.0. The molecule has 0 N–H and O–H groups in total. The number of rotatable bonds is 7. The van der Waals surface area contributed by atoms with Crippen molar-refractivity contribution in [3.05, 3.63) is 76.9 Å². The minimum Gasteiger partial charge on any atom is -0.490 e. The van der Waals surface area contributed by atoms with E-state index in [0.29, 0.717) is 17.9 Å². The molecule has 0 spiro atoms. The van der Waals surface area contributed by atoms with Gasteiger partial charge in [-0.25, -0.2) is 8.42 Å². The Kier molecular flexibility index (Phi) is 6.48. The maximum absolute atomic E-state index is 12.8. The largest absolute Gasteiger partial charge is 0.490 e. The number of benzene rings is 2. The lowest BCUT2D eigenvalue weighted by Crippen LogP contribution is -2.50. The van der Waals surface area contributed by atoms with Crippen LogP contribution in [0.15, 0.2) is 66.1 Å². The highest BCUT2D eigenvalue weighted by Crippen LogP contribution is 2.22. The molecule has 158 valence electrons. The van der Waals surface area contributed by atoms with E-state index in [9.17, 15) is 23.3 Å². The van der Waals surface area contributed by atoms with Crippen molar-refractivity contribution in [2.24, 2.45) is 0 Å². The number of amides is 1. The summed E-state index contributed by atoms with van der Waals surface area (Å²) in [5, 5.41) is 10.9. The molecule has 1 heterocycles. The summed E-state index contributed by atoms with van der Waals surface area (Å²) < 4.78 is 32.3. The van der Waals surface area contributed by atoms with E-state index in [2.05, 4.69) is 6.58 Å². The zero-order valence-electron chi connectivity index (χ0n) is 16.1. The van der Waals surface area contributed by atoms with Gasteiger partial charge >= 0.3 is 0 Å². The molecule has 2 aromatic carbocycles. The summed E-state index contributed by atoms with van der Waals surface area (Å²) in [4.78, 5) is 24.4. The van der Waals surface area contributed by atoms with Gasteiger partial charge in [0.05, 0.1) is 9.82 Å². The lowest BCUT2D eigenvalue weighted by atomic mass is 10.2. The fraction of sp³-hybridized carbons (Fsp3) is 0.250. The quantitative estimate of drug-likeness (QED) is 0.378. The molecule has 1 aliphatic rings. The molecule has 1 fully saturated rings. The second-order valence-electron chi connectivity index (χ2n) is 6.57. The van der Waals surface area contributed by atoms with Gasteiger partial charge in [-0.1, -0.05) is 18.7 Å². The second-order valence-corrected chi connectivity index (χ2v) is 8.51. The fourth-order valence-corrected chi connectivity index (χ4v) is 4.53. The normalized spacial score (nSPS) is 14.9. The number of nitro groups is 1. The van der Waals surface area contributed by atoms with Gasteiger partial charge in [-0.2, -0.15) is 4.31 Å². The summed E-state index contributed by atoms with van der Waals surface area (Å²) in [6.07, 6.45) is 1.63. The van der Waals surface area contributed by atoms with Crippen molar-refractivity contribution in [1.82, 2.24) is 9.21 Å². The van der Waals surface area contributed by atoms with Crippen molar-refractivity contribution in [2.75, 3.05) is 32.8 Å². The predicted octanol–water partition coefficient (Wildman–Crippen LogP) is 2.31. The van der Waals surface area contributed by atoms with E-state index in [1.165, 1.54) is 22.5 Å². The molecule has 9 nitrogen and oxygen atoms in total. The Morgan fingerprint density at radius 3 is 2.40 bits per heavy atom. The van der Waals surface area contributed by atoms with E-state index in [0.717, 1.165) is 6.07 Å². The molecule has 0 unspecified atom stereocenters. The van der Waals surface area contributed by atoms with Crippen LogP contribution in [0.25, 0.3) is 0 Å². The van der Waals surface area contributed by atoms with Crippen LogP contribution in [-0.4, -0.2) is 61.2 Å². The highest BCUT2D eigenvalue weighted by molar-refractivity contribution is 7.89. The van der Waals surface area contributed by atoms with Crippen molar-refractivity contribution in [3.8, 4) is 5.75 Å². The van der Waals surface area contributed by atoms with Crippen molar-refractivity contribution in [1.29, 1.82) is 0 Å². The lowest BCUT2D eigenvalue weighted by Gasteiger charge is -2.34. The van der Waals surface area contributed by atoms with E-state index in [4.69, 9.17) is 4.74 Å². The zero-order chi connectivity index (χ0) is 21.7. The molecule has 0 aliphatic carbocycles. The standard InChI is InChI=1S/C20H21N3O6S/c1-2-14-29-18-8-6-16(7-9-18)20(24)21-10-12-22(13-11-21)30(27,28)19-5-3-4-17(15-19)23(25)26/h2-9,15H,1,10-14H2. The molecule has 0 saturated carbocycles. The molecule has 0 bridgehead atoms. The maximum Gasteiger partial charge on any atom is 0.270 e. The molecule has 1 aliphatic heterocycles. The van der Waals surface area contributed by atoms with E-state index < -0.39 is 14.9 Å². The first-order valence-electron chi connectivity index (χ1n) is 9.20. The fourth-order valence-electron chi connectivity index (χ4n) is 3.07. The van der Waals surface area contributed by atoms with Gasteiger partial charge in [-0.05, 0) is 30.3 Å². The van der Waals surface area contributed by atoms with Crippen molar-refractivity contribution in [3.63, 3.8) is 0 Å². The number of piperazine rings is 1. The topological polar surface area (TPSA) is 110 Å². The van der Waals surface area contributed by atoms with Gasteiger partial charge in [0.1, 0.15) is 12.4 Å². The molecule has 2 aromatic rings. The first kappa shape index (κ1) is 21.5. The first-order valence-corrected chi connectivity index (χ1v) is 10.6. The van der Waals surface area contributed by atoms with Crippen molar-refractivity contribution >= 4 is 21.6 Å². The molecule has 0 aromatic heterocycles. The van der Waals surface area contributed by atoms with E-state index in [1.54, 1.807) is 35.2 Å². The van der Waals surface area contributed by atoms with E-state index in [-0.39, 0.29) is 42.7 Å². The van der Waals surface area contributed by atoms with Crippen LogP contribution < -0.4 is 4.74 Å². The Bertz CT molecular complexity index is 1040. The Morgan fingerprint density at radius 1 is 1.13 bits per heavy atom. The smallest absolute Gasteiger partial charge is 0.270 e. The Hall–Kier alpha value is -3.24. The predicted molar refractivity (Wildman–Crippen MR) is 110 cm³/mol. The van der Waals surface area contributed by atoms with Crippen LogP contribution >= 0.6 is 0 Å². The number of hydrogen-bond donors (Lipinski definition) is 0. The summed E-state index contributed by atoms with van der Waals surface area (Å²) in [5.74, 6) is 0.428. The summed E-state index contributed by atoms with van der Waals surface area (Å²) in [6.45, 7) is 4.61. The van der Waals surface area contributed by atoms with Gasteiger partial charge in [0.15, 0.2) is 0 Å². The molecule has 0 atom stereocenters. The Balaban J connectivity index is 1.65. The van der Waals surface area contributed by atoms with Crippen LogP contribution in [0.1, 0.15) is 10.4 Å². The van der Waals surface area contributed by atoms with E-state index in [1.807, 2.05) is 0 Å². The molecular weight excluding hydrogens is 410 g/mol. The first-order chi connectivity index (χ1) is 14.3. The molecule has 30 heavy (non-hydrogen) atoms. The molecule has 1 amide bonds. The van der Waals surface area contributed by atoms with Gasteiger partial charge in [-0.15, -0.1) is 0 Å². The lowest BCUT2D eigenvalue weighted by molar-refractivity contribution is -0.385. The SMILES string of the molecule is C=CCOc1ccc(C(=O)N2CCN(S(=O)(=O)c3cccc([N+](=O)[O-])c3)CC2)cc1. The van der Waals surface area contributed by atoms with Gasteiger partial charge in [0.2, 0.25) is 10.0 Å². The number of nitro benzene ring substituents is 1. The van der Waals surface area contributed by atoms with Crippen molar-refractivity contribution in [2.45, 2.75) is 4.90 Å². The monoisotopic (exact) mass is 431 g/mol. The van der Waals surface area contributed by atoms with Crippen LogP contribution in [0.4, 0.5) is 5.69 Å². The minimum atomic E-state index is -3.88. The number of non-ortho nitro benzene ring substituents is 1. The van der Waals surface area contributed by atoms with Crippen LogP contribution in [0.2, 0.25) is 0 Å². The summed E-state index contributed by atoms with van der Waals surface area (Å²) in [7, 11) is -3.88. The molecule has 10 heteroatoms. The average molecular weight is 431 g/mol.